The van der Waals surface area contributed by atoms with Crippen molar-refractivity contribution in [1.29, 1.82) is 0 Å². The molecule has 3 aromatic carbocycles. The second-order valence-electron chi connectivity index (χ2n) is 8.09. The van der Waals surface area contributed by atoms with Crippen molar-refractivity contribution in [3.63, 3.8) is 0 Å². The molecule has 3 aromatic rings. The Balaban J connectivity index is 1.73. The molecule has 0 heterocycles. The summed E-state index contributed by atoms with van der Waals surface area (Å²) in [6.07, 6.45) is -1.51. The van der Waals surface area contributed by atoms with E-state index < -0.39 is 29.2 Å². The molecule has 2 N–H and O–H groups in total. The van der Waals surface area contributed by atoms with Crippen LogP contribution < -0.4 is 10.6 Å². The molecule has 0 bridgehead atoms. The van der Waals surface area contributed by atoms with Gasteiger partial charge in [-0.2, -0.15) is 13.2 Å². The van der Waals surface area contributed by atoms with Crippen molar-refractivity contribution in [2.75, 3.05) is 0 Å². The number of carbonyl (C=O) groups is 2. The standard InChI is InChI=1S/C27H19Br2F3N2O2/c28-20-11-12-22(27(30,31)32)21(16-20)19-13-14-26(23(29)15-19,33-24(35)17-7-3-1-4-8-17)34-25(36)18-9-5-2-6-10-18/h1-13,15-16H,14H2,(H,33,35)(H,34,36). The lowest BCUT2D eigenvalue weighted by Crippen LogP contribution is -2.61. The van der Waals surface area contributed by atoms with Gasteiger partial charge in [-0.1, -0.05) is 74.3 Å². The number of alkyl halides is 3. The van der Waals surface area contributed by atoms with E-state index in [0.717, 1.165) is 6.07 Å². The Labute approximate surface area is 222 Å². The molecule has 1 aliphatic rings. The van der Waals surface area contributed by atoms with Crippen LogP contribution in [0.2, 0.25) is 0 Å². The zero-order valence-electron chi connectivity index (χ0n) is 18.6. The number of amides is 2. The molecule has 1 aliphatic carbocycles. The lowest BCUT2D eigenvalue weighted by molar-refractivity contribution is -0.137. The molecule has 0 atom stereocenters. The minimum Gasteiger partial charge on any atom is -0.325 e. The Hall–Kier alpha value is -3.17. The van der Waals surface area contributed by atoms with Crippen molar-refractivity contribution in [1.82, 2.24) is 10.6 Å². The van der Waals surface area contributed by atoms with Gasteiger partial charge in [-0.3, -0.25) is 9.59 Å². The van der Waals surface area contributed by atoms with Gasteiger partial charge in [-0.05, 0) is 59.7 Å². The van der Waals surface area contributed by atoms with Gasteiger partial charge >= 0.3 is 6.18 Å². The quantitative estimate of drug-likeness (QED) is 0.300. The van der Waals surface area contributed by atoms with Gasteiger partial charge in [0.15, 0.2) is 0 Å². The normalized spacial score (nSPS) is 14.9. The molecular weight excluding hydrogens is 601 g/mol. The van der Waals surface area contributed by atoms with E-state index in [4.69, 9.17) is 0 Å². The van der Waals surface area contributed by atoms with E-state index in [-0.39, 0.29) is 12.0 Å². The highest BCUT2D eigenvalue weighted by molar-refractivity contribution is 9.11. The fraction of sp³-hybridized carbons (Fsp3) is 0.111. The maximum atomic E-state index is 13.7. The van der Waals surface area contributed by atoms with Gasteiger partial charge in [0.1, 0.15) is 5.66 Å². The second-order valence-corrected chi connectivity index (χ2v) is 9.86. The third kappa shape index (κ3) is 5.63. The SMILES string of the molecule is O=C(NC1(NC(=O)c2ccccc2)CC=C(c2cc(Br)ccc2C(F)(F)F)C=C1Br)c1ccccc1. The van der Waals surface area contributed by atoms with E-state index in [1.807, 2.05) is 0 Å². The number of hydrogen-bond acceptors (Lipinski definition) is 2. The molecule has 184 valence electrons. The fourth-order valence-corrected chi connectivity index (χ4v) is 4.80. The van der Waals surface area contributed by atoms with Gasteiger partial charge in [0, 0.05) is 26.5 Å². The number of carbonyl (C=O) groups excluding carboxylic acids is 2. The summed E-state index contributed by atoms with van der Waals surface area (Å²) < 4.78 is 41.9. The lowest BCUT2D eigenvalue weighted by atomic mass is 9.89. The third-order valence-corrected chi connectivity index (χ3v) is 7.04. The van der Waals surface area contributed by atoms with Crippen molar-refractivity contribution < 1.29 is 22.8 Å². The van der Waals surface area contributed by atoms with Gasteiger partial charge in [0.25, 0.3) is 11.8 Å². The third-order valence-electron chi connectivity index (χ3n) is 5.64. The summed E-state index contributed by atoms with van der Waals surface area (Å²) in [6, 6.07) is 20.6. The average molecular weight is 620 g/mol. The topological polar surface area (TPSA) is 58.2 Å². The van der Waals surface area contributed by atoms with Crippen molar-refractivity contribution in [2.45, 2.75) is 18.3 Å². The first-order valence-electron chi connectivity index (χ1n) is 10.8. The van der Waals surface area contributed by atoms with E-state index in [1.165, 1.54) is 18.2 Å². The number of rotatable bonds is 5. The van der Waals surface area contributed by atoms with Gasteiger partial charge in [-0.25, -0.2) is 0 Å². The molecule has 0 saturated carbocycles. The summed E-state index contributed by atoms with van der Waals surface area (Å²) in [5, 5.41) is 5.73. The van der Waals surface area contributed by atoms with E-state index in [2.05, 4.69) is 42.5 Å². The highest BCUT2D eigenvalue weighted by Crippen LogP contribution is 2.41. The highest BCUT2D eigenvalue weighted by Gasteiger charge is 2.40. The molecule has 0 radical (unpaired) electrons. The summed E-state index contributed by atoms with van der Waals surface area (Å²) in [4.78, 5) is 26.2. The van der Waals surface area contributed by atoms with Crippen LogP contribution in [0.1, 0.15) is 38.3 Å². The van der Waals surface area contributed by atoms with Crippen LogP contribution in [0, 0.1) is 0 Å². The van der Waals surface area contributed by atoms with Gasteiger partial charge < -0.3 is 10.6 Å². The Morgan fingerprint density at radius 1 is 0.806 bits per heavy atom. The van der Waals surface area contributed by atoms with Crippen LogP contribution in [0.15, 0.2) is 100.0 Å². The molecule has 4 nitrogen and oxygen atoms in total. The number of halogens is 5. The second kappa shape index (κ2) is 10.4. The van der Waals surface area contributed by atoms with Crippen molar-refractivity contribution in [2.24, 2.45) is 0 Å². The van der Waals surface area contributed by atoms with Gasteiger partial charge in [-0.15, -0.1) is 0 Å². The molecular formula is C27H19Br2F3N2O2. The van der Waals surface area contributed by atoms with E-state index in [0.29, 0.717) is 25.7 Å². The van der Waals surface area contributed by atoms with Gasteiger partial charge in [0.2, 0.25) is 0 Å². The van der Waals surface area contributed by atoms with E-state index >= 15 is 0 Å². The number of nitrogens with one attached hydrogen (secondary N) is 2. The first kappa shape index (κ1) is 25.9. The van der Waals surface area contributed by atoms with Crippen LogP contribution in [0.5, 0.6) is 0 Å². The maximum Gasteiger partial charge on any atom is 0.417 e. The maximum absolute atomic E-state index is 13.7. The first-order valence-corrected chi connectivity index (χ1v) is 12.4. The zero-order valence-corrected chi connectivity index (χ0v) is 21.7. The molecule has 0 unspecified atom stereocenters. The summed E-state index contributed by atoms with van der Waals surface area (Å²) in [5.74, 6) is -0.908. The minimum absolute atomic E-state index is 0.000371. The summed E-state index contributed by atoms with van der Waals surface area (Å²) in [6.45, 7) is 0. The van der Waals surface area contributed by atoms with Crippen LogP contribution in [0.4, 0.5) is 13.2 Å². The van der Waals surface area contributed by atoms with Crippen LogP contribution in [0.3, 0.4) is 0 Å². The Morgan fingerprint density at radius 3 is 1.81 bits per heavy atom. The van der Waals surface area contributed by atoms with E-state index in [9.17, 15) is 22.8 Å². The van der Waals surface area contributed by atoms with Crippen LogP contribution in [0.25, 0.3) is 5.57 Å². The smallest absolute Gasteiger partial charge is 0.325 e. The monoisotopic (exact) mass is 618 g/mol. The Bertz CT molecular complexity index is 1300. The fourth-order valence-electron chi connectivity index (χ4n) is 3.83. The average Bonchev–Trinajstić information content (AvgIpc) is 2.86. The molecule has 0 fully saturated rings. The van der Waals surface area contributed by atoms with Crippen molar-refractivity contribution in [3.8, 4) is 0 Å². The number of hydrogen-bond donors (Lipinski definition) is 2. The summed E-state index contributed by atoms with van der Waals surface area (Å²) in [5.41, 5.74) is -1.20. The summed E-state index contributed by atoms with van der Waals surface area (Å²) >= 11 is 6.69. The largest absolute Gasteiger partial charge is 0.417 e. The van der Waals surface area contributed by atoms with Crippen molar-refractivity contribution >= 4 is 49.2 Å². The molecule has 0 spiro atoms. The minimum atomic E-state index is -4.56. The Kier molecular flexibility index (Phi) is 7.51. The lowest BCUT2D eigenvalue weighted by Gasteiger charge is -2.37. The van der Waals surface area contributed by atoms with Crippen LogP contribution >= 0.6 is 31.9 Å². The molecule has 2 amide bonds. The Morgan fingerprint density at radius 2 is 1.33 bits per heavy atom. The van der Waals surface area contributed by atoms with Crippen LogP contribution in [-0.4, -0.2) is 17.5 Å². The van der Waals surface area contributed by atoms with Crippen molar-refractivity contribution in [3.05, 3.63) is 122 Å². The zero-order chi connectivity index (χ0) is 25.9. The molecule has 36 heavy (non-hydrogen) atoms. The molecule has 0 saturated heterocycles. The number of benzene rings is 3. The number of allylic oxidation sites excluding steroid dienone is 2. The molecule has 9 heteroatoms. The summed E-state index contributed by atoms with van der Waals surface area (Å²) in [7, 11) is 0. The van der Waals surface area contributed by atoms with Crippen LogP contribution in [-0.2, 0) is 6.18 Å². The van der Waals surface area contributed by atoms with Gasteiger partial charge in [0.05, 0.1) is 5.56 Å². The molecule has 0 aliphatic heterocycles. The van der Waals surface area contributed by atoms with E-state index in [1.54, 1.807) is 66.7 Å². The first-order chi connectivity index (χ1) is 17.1. The predicted molar refractivity (Wildman–Crippen MR) is 139 cm³/mol. The molecule has 0 aromatic heterocycles. The predicted octanol–water partition coefficient (Wildman–Crippen LogP) is 7.09. The highest BCUT2D eigenvalue weighted by atomic mass is 79.9. The molecule has 4 rings (SSSR count).